The number of benzene rings is 6. The van der Waals surface area contributed by atoms with Crippen molar-refractivity contribution in [3.63, 3.8) is 0 Å². The highest BCUT2D eigenvalue weighted by molar-refractivity contribution is 7.25. The van der Waals surface area contributed by atoms with Gasteiger partial charge in [-0.15, -0.1) is 11.3 Å². The van der Waals surface area contributed by atoms with E-state index in [1.54, 1.807) is 0 Å². The Morgan fingerprint density at radius 3 is 2.07 bits per heavy atom. The molecule has 0 bridgehead atoms. The summed E-state index contributed by atoms with van der Waals surface area (Å²) in [5.41, 5.74) is 8.96. The molecule has 0 radical (unpaired) electrons. The zero-order valence-corrected chi connectivity index (χ0v) is 25.1. The van der Waals surface area contributed by atoms with E-state index < -0.39 is 0 Å². The SMILES string of the molecule is C1=C(c2cccc3sc4ccccc4c23)N=C(c2c(-c3ccccc3)ccc3oc4ccccc4c23)N=C(c2ccccc2)C1. The number of furan rings is 1. The van der Waals surface area contributed by atoms with Crippen LogP contribution in [-0.2, 0) is 0 Å². The molecule has 0 atom stereocenters. The Kier molecular flexibility index (Phi) is 6.06. The van der Waals surface area contributed by atoms with Gasteiger partial charge in [0, 0.05) is 48.5 Å². The molecule has 9 rings (SSSR count). The van der Waals surface area contributed by atoms with E-state index in [2.05, 4.69) is 127 Å². The minimum absolute atomic E-state index is 0.660. The third-order valence-electron chi connectivity index (χ3n) is 8.59. The Bertz CT molecular complexity index is 2500. The maximum absolute atomic E-state index is 6.41. The number of thiophene rings is 1. The lowest BCUT2D eigenvalue weighted by atomic mass is 9.94. The van der Waals surface area contributed by atoms with Gasteiger partial charge >= 0.3 is 0 Å². The fourth-order valence-corrected chi connectivity index (χ4v) is 7.67. The number of hydrogen-bond acceptors (Lipinski definition) is 4. The van der Waals surface area contributed by atoms with Crippen LogP contribution in [0.1, 0.15) is 23.1 Å². The van der Waals surface area contributed by atoms with E-state index in [-0.39, 0.29) is 0 Å². The predicted octanol–water partition coefficient (Wildman–Crippen LogP) is 11.3. The van der Waals surface area contributed by atoms with E-state index in [1.165, 1.54) is 20.2 Å². The summed E-state index contributed by atoms with van der Waals surface area (Å²) in [6.45, 7) is 0. The number of hydrogen-bond donors (Lipinski definition) is 0. The zero-order valence-electron chi connectivity index (χ0n) is 24.3. The highest BCUT2D eigenvalue weighted by Gasteiger charge is 2.23. The Hall–Kier alpha value is -5.58. The summed E-state index contributed by atoms with van der Waals surface area (Å²) in [5, 5.41) is 4.58. The number of rotatable bonds is 4. The first kappa shape index (κ1) is 25.9. The number of allylic oxidation sites excluding steroid dienone is 1. The molecule has 6 aromatic carbocycles. The second-order valence-corrected chi connectivity index (χ2v) is 12.3. The van der Waals surface area contributed by atoms with Gasteiger partial charge in [-0.05, 0) is 47.0 Å². The molecule has 0 saturated carbocycles. The molecule has 3 heterocycles. The lowest BCUT2D eigenvalue weighted by Crippen LogP contribution is -2.07. The number of fused-ring (bicyclic) bond motifs is 6. The molecule has 45 heavy (non-hydrogen) atoms. The molecule has 0 aliphatic carbocycles. The van der Waals surface area contributed by atoms with Crippen molar-refractivity contribution < 1.29 is 4.42 Å². The molecule has 0 saturated heterocycles. The van der Waals surface area contributed by atoms with Gasteiger partial charge in [-0.1, -0.05) is 115 Å². The summed E-state index contributed by atoms with van der Waals surface area (Å²) in [6, 6.07) is 48.7. The highest BCUT2D eigenvalue weighted by atomic mass is 32.1. The van der Waals surface area contributed by atoms with E-state index in [1.807, 2.05) is 29.5 Å². The predicted molar refractivity (Wildman–Crippen MR) is 191 cm³/mol. The standard InChI is InChI=1S/C41H26N2OS/c1-3-12-26(13-4-1)28-22-25-35-39(30-16-7-9-19-34(30)44-35)40(28)41-42-32(27-14-5-2-6-15-27)23-24-33(43-41)29-18-11-21-37-38(29)31-17-8-10-20-36(31)45-37/h1-22,24-25H,23H2. The number of aliphatic imine (C=N–C) groups is 2. The summed E-state index contributed by atoms with van der Waals surface area (Å²) in [7, 11) is 0. The third-order valence-corrected chi connectivity index (χ3v) is 9.73. The van der Waals surface area contributed by atoms with E-state index in [0.29, 0.717) is 12.3 Å². The first-order valence-corrected chi connectivity index (χ1v) is 16.0. The van der Waals surface area contributed by atoms with Gasteiger partial charge in [0.05, 0.1) is 11.4 Å². The average molecular weight is 595 g/mol. The van der Waals surface area contributed by atoms with Gasteiger partial charge in [0.2, 0.25) is 0 Å². The van der Waals surface area contributed by atoms with Crippen LogP contribution in [0, 0.1) is 0 Å². The summed E-state index contributed by atoms with van der Waals surface area (Å²) < 4.78 is 8.94. The van der Waals surface area contributed by atoms with Gasteiger partial charge in [-0.2, -0.15) is 0 Å². The minimum atomic E-state index is 0.660. The molecule has 0 N–H and O–H groups in total. The lowest BCUT2D eigenvalue weighted by Gasteiger charge is -2.13. The maximum atomic E-state index is 6.41. The number of amidine groups is 1. The van der Waals surface area contributed by atoms with Gasteiger partial charge in [-0.3, -0.25) is 0 Å². The first-order chi connectivity index (χ1) is 22.3. The minimum Gasteiger partial charge on any atom is -0.456 e. The Morgan fingerprint density at radius 1 is 0.511 bits per heavy atom. The van der Waals surface area contributed by atoms with Gasteiger partial charge in [0.1, 0.15) is 11.2 Å². The normalized spacial score (nSPS) is 13.6. The van der Waals surface area contributed by atoms with Crippen LogP contribution in [0.15, 0.2) is 160 Å². The van der Waals surface area contributed by atoms with Crippen LogP contribution < -0.4 is 0 Å². The van der Waals surface area contributed by atoms with E-state index >= 15 is 0 Å². The average Bonchev–Trinajstić information content (AvgIpc) is 3.59. The van der Waals surface area contributed by atoms with Gasteiger partial charge in [0.25, 0.3) is 0 Å². The Morgan fingerprint density at radius 2 is 1.22 bits per heavy atom. The zero-order chi connectivity index (χ0) is 29.7. The summed E-state index contributed by atoms with van der Waals surface area (Å²) in [6.07, 6.45) is 2.91. The van der Waals surface area contributed by atoms with E-state index in [9.17, 15) is 0 Å². The van der Waals surface area contributed by atoms with Crippen molar-refractivity contribution in [1.82, 2.24) is 0 Å². The van der Waals surface area contributed by atoms with Crippen molar-refractivity contribution in [2.75, 3.05) is 0 Å². The van der Waals surface area contributed by atoms with Crippen molar-refractivity contribution in [2.24, 2.45) is 9.98 Å². The van der Waals surface area contributed by atoms with Gasteiger partial charge in [0.15, 0.2) is 5.84 Å². The fraction of sp³-hybridized carbons (Fsp3) is 0.0244. The molecule has 0 unspecified atom stereocenters. The van der Waals surface area contributed by atoms with Crippen LogP contribution in [0.3, 0.4) is 0 Å². The fourth-order valence-electron chi connectivity index (χ4n) is 6.54. The number of nitrogens with zero attached hydrogens (tertiary/aromatic N) is 2. The summed E-state index contributed by atoms with van der Waals surface area (Å²) >= 11 is 1.83. The van der Waals surface area contributed by atoms with Crippen LogP contribution in [0.2, 0.25) is 0 Å². The third kappa shape index (κ3) is 4.34. The van der Waals surface area contributed by atoms with Crippen LogP contribution in [0.5, 0.6) is 0 Å². The summed E-state index contributed by atoms with van der Waals surface area (Å²) in [5.74, 6) is 0.685. The molecular weight excluding hydrogens is 569 g/mol. The maximum Gasteiger partial charge on any atom is 0.161 e. The Labute approximate surface area is 264 Å². The first-order valence-electron chi connectivity index (χ1n) is 15.1. The molecule has 212 valence electrons. The monoisotopic (exact) mass is 594 g/mol. The van der Waals surface area contributed by atoms with Crippen molar-refractivity contribution in [3.05, 3.63) is 162 Å². The van der Waals surface area contributed by atoms with Gasteiger partial charge < -0.3 is 4.42 Å². The molecule has 1 aliphatic rings. The number of para-hydroxylation sites is 1. The van der Waals surface area contributed by atoms with E-state index in [0.717, 1.165) is 61.2 Å². The molecule has 0 fully saturated rings. The molecular formula is C41H26N2OS. The molecule has 0 amide bonds. The van der Waals surface area contributed by atoms with E-state index in [4.69, 9.17) is 14.4 Å². The van der Waals surface area contributed by atoms with Crippen molar-refractivity contribution in [1.29, 1.82) is 0 Å². The summed E-state index contributed by atoms with van der Waals surface area (Å²) in [4.78, 5) is 10.9. The second-order valence-electron chi connectivity index (χ2n) is 11.3. The van der Waals surface area contributed by atoms with Gasteiger partial charge in [-0.25, -0.2) is 9.98 Å². The quantitative estimate of drug-likeness (QED) is 0.200. The van der Waals surface area contributed by atoms with Crippen molar-refractivity contribution in [2.45, 2.75) is 6.42 Å². The molecule has 3 nitrogen and oxygen atoms in total. The van der Waals surface area contributed by atoms with Crippen LogP contribution >= 0.6 is 11.3 Å². The van der Waals surface area contributed by atoms with Crippen LogP contribution in [0.4, 0.5) is 0 Å². The van der Waals surface area contributed by atoms with Crippen molar-refractivity contribution >= 4 is 70.7 Å². The largest absolute Gasteiger partial charge is 0.456 e. The van der Waals surface area contributed by atoms with Crippen molar-refractivity contribution in [3.8, 4) is 11.1 Å². The Balaban J connectivity index is 1.38. The molecule has 0 spiro atoms. The van der Waals surface area contributed by atoms with Crippen LogP contribution in [-0.4, -0.2) is 11.5 Å². The lowest BCUT2D eigenvalue weighted by molar-refractivity contribution is 0.669. The molecule has 8 aromatic rings. The molecule has 4 heteroatoms. The topological polar surface area (TPSA) is 37.9 Å². The smallest absolute Gasteiger partial charge is 0.161 e. The highest BCUT2D eigenvalue weighted by Crippen LogP contribution is 2.41. The second kappa shape index (κ2) is 10.5. The molecule has 2 aromatic heterocycles. The molecule has 1 aliphatic heterocycles. The van der Waals surface area contributed by atoms with Crippen LogP contribution in [0.25, 0.3) is 58.9 Å².